The number of hydrogen-bond acceptors (Lipinski definition) is 5. The number of urea groups is 1. The number of anilines is 2. The lowest BCUT2D eigenvalue weighted by molar-refractivity contribution is 0.262. The number of nitrogens with zero attached hydrogens (tertiary/aromatic N) is 1. The fourth-order valence-corrected chi connectivity index (χ4v) is 3.42. The van der Waals surface area contributed by atoms with E-state index >= 15 is 0 Å². The number of carbonyl (C=O) groups is 1. The Hall–Kier alpha value is -4.26. The quantitative estimate of drug-likeness (QED) is 0.366. The van der Waals surface area contributed by atoms with Gasteiger partial charge in [-0.05, 0) is 61.9 Å². The van der Waals surface area contributed by atoms with Crippen molar-refractivity contribution < 1.29 is 18.7 Å². The predicted octanol–water partition coefficient (Wildman–Crippen LogP) is 6.29. The van der Waals surface area contributed by atoms with Gasteiger partial charge in [-0.25, -0.2) is 9.78 Å². The summed E-state index contributed by atoms with van der Waals surface area (Å²) in [5, 5.41) is 5.58. The number of benzene rings is 3. The van der Waals surface area contributed by atoms with E-state index in [9.17, 15) is 4.79 Å². The molecule has 0 radical (unpaired) electrons. The van der Waals surface area contributed by atoms with Gasteiger partial charge >= 0.3 is 6.03 Å². The molecule has 0 spiro atoms. The van der Waals surface area contributed by atoms with Crippen LogP contribution in [0, 0.1) is 13.8 Å². The lowest BCUT2D eigenvalue weighted by Gasteiger charge is -2.12. The first-order chi connectivity index (χ1) is 16.0. The summed E-state index contributed by atoms with van der Waals surface area (Å²) in [4.78, 5) is 17.1. The van der Waals surface area contributed by atoms with Crippen molar-refractivity contribution in [2.45, 2.75) is 13.8 Å². The molecule has 0 fully saturated rings. The second-order valence-electron chi connectivity index (χ2n) is 7.58. The highest BCUT2D eigenvalue weighted by molar-refractivity contribution is 6.00. The standard InChI is InChI=1S/C26H25N3O4/c1-16-5-6-17(2)21(13-16)23-15-33-25(28-23)18-7-9-19(10-8-18)27-26(30)29-22-12-11-20(31-3)14-24(22)32-4/h5-15H,1-4H3,(H2,27,29,30). The second-order valence-corrected chi connectivity index (χ2v) is 7.58. The molecular weight excluding hydrogens is 418 g/mol. The van der Waals surface area contributed by atoms with Crippen molar-refractivity contribution in [3.8, 4) is 34.2 Å². The number of oxazole rings is 1. The van der Waals surface area contributed by atoms with Crippen molar-refractivity contribution in [2.24, 2.45) is 0 Å². The molecule has 0 unspecified atom stereocenters. The van der Waals surface area contributed by atoms with Gasteiger partial charge in [0.15, 0.2) is 0 Å². The minimum Gasteiger partial charge on any atom is -0.497 e. The zero-order valence-corrected chi connectivity index (χ0v) is 18.9. The third-order valence-electron chi connectivity index (χ3n) is 5.22. The fraction of sp³-hybridized carbons (Fsp3) is 0.154. The molecule has 0 atom stereocenters. The van der Waals surface area contributed by atoms with Crippen molar-refractivity contribution in [3.63, 3.8) is 0 Å². The Bertz CT molecular complexity index is 1280. The molecule has 4 aromatic rings. The number of nitrogens with one attached hydrogen (secondary N) is 2. The molecular formula is C26H25N3O4. The highest BCUT2D eigenvalue weighted by Gasteiger charge is 2.12. The predicted molar refractivity (Wildman–Crippen MR) is 129 cm³/mol. The summed E-state index contributed by atoms with van der Waals surface area (Å²) < 4.78 is 16.2. The molecule has 0 aliphatic rings. The maximum absolute atomic E-state index is 12.4. The van der Waals surface area contributed by atoms with Crippen molar-refractivity contribution in [2.75, 3.05) is 24.9 Å². The molecule has 4 rings (SSSR count). The summed E-state index contributed by atoms with van der Waals surface area (Å²) >= 11 is 0. The van der Waals surface area contributed by atoms with Crippen molar-refractivity contribution in [3.05, 3.63) is 78.1 Å². The molecule has 1 aromatic heterocycles. The summed E-state index contributed by atoms with van der Waals surface area (Å²) in [6.45, 7) is 4.10. The van der Waals surface area contributed by atoms with Crippen LogP contribution in [0.1, 0.15) is 11.1 Å². The lowest BCUT2D eigenvalue weighted by Crippen LogP contribution is -2.19. The molecule has 1 heterocycles. The molecule has 0 saturated carbocycles. The molecule has 168 valence electrons. The van der Waals surface area contributed by atoms with Crippen LogP contribution in [0.25, 0.3) is 22.7 Å². The molecule has 0 aliphatic heterocycles. The van der Waals surface area contributed by atoms with E-state index in [2.05, 4.69) is 47.7 Å². The SMILES string of the molecule is COc1ccc(NC(=O)Nc2ccc(-c3nc(-c4cc(C)ccc4C)co3)cc2)c(OC)c1. The number of rotatable bonds is 6. The second kappa shape index (κ2) is 9.48. The lowest BCUT2D eigenvalue weighted by atomic mass is 10.0. The van der Waals surface area contributed by atoms with Gasteiger partial charge in [-0.15, -0.1) is 0 Å². The van der Waals surface area contributed by atoms with Crippen LogP contribution in [-0.2, 0) is 0 Å². The van der Waals surface area contributed by atoms with Gasteiger partial charge in [0.25, 0.3) is 0 Å². The molecule has 33 heavy (non-hydrogen) atoms. The molecule has 0 aliphatic carbocycles. The molecule has 0 saturated heterocycles. The Morgan fingerprint density at radius 2 is 1.70 bits per heavy atom. The van der Waals surface area contributed by atoms with Gasteiger partial charge in [-0.3, -0.25) is 0 Å². The van der Waals surface area contributed by atoms with Crippen LogP contribution in [0.4, 0.5) is 16.2 Å². The normalized spacial score (nSPS) is 10.5. The number of carbonyl (C=O) groups excluding carboxylic acids is 1. The van der Waals surface area contributed by atoms with Crippen LogP contribution in [0.5, 0.6) is 11.5 Å². The van der Waals surface area contributed by atoms with E-state index in [4.69, 9.17) is 13.9 Å². The molecule has 0 bridgehead atoms. The van der Waals surface area contributed by atoms with Crippen LogP contribution >= 0.6 is 0 Å². The Balaban J connectivity index is 1.44. The number of hydrogen-bond donors (Lipinski definition) is 2. The average Bonchev–Trinajstić information content (AvgIpc) is 3.31. The number of ether oxygens (including phenoxy) is 2. The maximum Gasteiger partial charge on any atom is 0.323 e. The van der Waals surface area contributed by atoms with Crippen LogP contribution in [0.2, 0.25) is 0 Å². The molecule has 7 nitrogen and oxygen atoms in total. The van der Waals surface area contributed by atoms with Crippen molar-refractivity contribution in [1.29, 1.82) is 0 Å². The highest BCUT2D eigenvalue weighted by Crippen LogP contribution is 2.30. The van der Waals surface area contributed by atoms with Gasteiger partial charge in [0.2, 0.25) is 5.89 Å². The summed E-state index contributed by atoms with van der Waals surface area (Å²) in [5.74, 6) is 1.66. The van der Waals surface area contributed by atoms with Crippen LogP contribution in [0.15, 0.2) is 71.3 Å². The first-order valence-electron chi connectivity index (χ1n) is 10.4. The number of methoxy groups -OCH3 is 2. The minimum atomic E-state index is -0.389. The maximum atomic E-state index is 12.4. The van der Waals surface area contributed by atoms with E-state index in [-0.39, 0.29) is 6.03 Å². The Kier molecular flexibility index (Phi) is 6.31. The van der Waals surface area contributed by atoms with E-state index in [0.29, 0.717) is 28.8 Å². The van der Waals surface area contributed by atoms with Crippen molar-refractivity contribution >= 4 is 17.4 Å². The van der Waals surface area contributed by atoms with E-state index in [1.807, 2.05) is 12.1 Å². The summed E-state index contributed by atoms with van der Waals surface area (Å²) in [6, 6.07) is 18.3. The Morgan fingerprint density at radius 3 is 2.42 bits per heavy atom. The number of aromatic nitrogens is 1. The average molecular weight is 444 g/mol. The Labute approximate surface area is 192 Å². The van der Waals surface area contributed by atoms with Crippen LogP contribution in [-0.4, -0.2) is 25.2 Å². The van der Waals surface area contributed by atoms with Gasteiger partial charge < -0.3 is 24.5 Å². The van der Waals surface area contributed by atoms with Gasteiger partial charge in [-0.1, -0.05) is 17.7 Å². The molecule has 2 amide bonds. The molecule has 3 aromatic carbocycles. The third kappa shape index (κ3) is 4.98. The topological polar surface area (TPSA) is 85.6 Å². The largest absolute Gasteiger partial charge is 0.497 e. The Morgan fingerprint density at radius 1 is 0.909 bits per heavy atom. The number of amides is 2. The van der Waals surface area contributed by atoms with E-state index < -0.39 is 0 Å². The van der Waals surface area contributed by atoms with Crippen molar-refractivity contribution in [1.82, 2.24) is 4.98 Å². The minimum absolute atomic E-state index is 0.389. The van der Waals surface area contributed by atoms with Gasteiger partial charge in [0, 0.05) is 22.9 Å². The number of aryl methyl sites for hydroxylation is 2. The first kappa shape index (κ1) is 22.0. The summed E-state index contributed by atoms with van der Waals surface area (Å²) in [5.41, 5.74) is 6.13. The zero-order chi connectivity index (χ0) is 23.4. The highest BCUT2D eigenvalue weighted by atomic mass is 16.5. The van der Waals surface area contributed by atoms with Gasteiger partial charge in [-0.2, -0.15) is 0 Å². The third-order valence-corrected chi connectivity index (χ3v) is 5.22. The van der Waals surface area contributed by atoms with E-state index in [1.54, 1.807) is 43.7 Å². The summed E-state index contributed by atoms with van der Waals surface area (Å²) in [7, 11) is 3.10. The first-order valence-corrected chi connectivity index (χ1v) is 10.4. The zero-order valence-electron chi connectivity index (χ0n) is 18.9. The molecule has 2 N–H and O–H groups in total. The van der Waals surface area contributed by atoms with Gasteiger partial charge in [0.05, 0.1) is 19.9 Å². The smallest absolute Gasteiger partial charge is 0.323 e. The molecule has 7 heteroatoms. The monoisotopic (exact) mass is 443 g/mol. The summed E-state index contributed by atoms with van der Waals surface area (Å²) in [6.07, 6.45) is 1.67. The van der Waals surface area contributed by atoms with E-state index in [0.717, 1.165) is 22.4 Å². The van der Waals surface area contributed by atoms with Crippen LogP contribution < -0.4 is 20.1 Å². The fourth-order valence-electron chi connectivity index (χ4n) is 3.42. The van der Waals surface area contributed by atoms with E-state index in [1.165, 1.54) is 12.7 Å². The van der Waals surface area contributed by atoms with Gasteiger partial charge in [0.1, 0.15) is 23.5 Å². The van der Waals surface area contributed by atoms with Crippen LogP contribution in [0.3, 0.4) is 0 Å².